The molecule has 0 radical (unpaired) electrons. The van der Waals surface area contributed by atoms with Gasteiger partial charge in [0.05, 0.1) is 11.0 Å². The monoisotopic (exact) mass is 299 g/mol. The fourth-order valence-corrected chi connectivity index (χ4v) is 4.10. The van der Waals surface area contributed by atoms with Gasteiger partial charge in [-0.2, -0.15) is 4.31 Å². The quantitative estimate of drug-likeness (QED) is 0.854. The van der Waals surface area contributed by atoms with Gasteiger partial charge in [-0.3, -0.25) is 0 Å². The average Bonchev–Trinajstić information content (AvgIpc) is 2.88. The van der Waals surface area contributed by atoms with Crippen molar-refractivity contribution in [1.82, 2.24) is 4.31 Å². The predicted octanol–water partition coefficient (Wildman–Crippen LogP) is 1.13. The van der Waals surface area contributed by atoms with Crippen LogP contribution in [0.5, 0.6) is 0 Å². The first-order valence-corrected chi connectivity index (χ1v) is 8.28. The Morgan fingerprint density at radius 2 is 2.20 bits per heavy atom. The Morgan fingerprint density at radius 3 is 2.85 bits per heavy atom. The zero-order chi connectivity index (χ0) is 14.8. The summed E-state index contributed by atoms with van der Waals surface area (Å²) in [5, 5.41) is 18.5. The summed E-state index contributed by atoms with van der Waals surface area (Å²) in [5.41, 5.74) is 0.595. The van der Waals surface area contributed by atoms with E-state index in [-0.39, 0.29) is 17.4 Å². The molecule has 0 spiro atoms. The summed E-state index contributed by atoms with van der Waals surface area (Å²) in [6.45, 7) is 2.66. The molecule has 0 bridgehead atoms. The average molecular weight is 299 g/mol. The van der Waals surface area contributed by atoms with Crippen LogP contribution in [0.1, 0.15) is 31.4 Å². The lowest BCUT2D eigenvalue weighted by Gasteiger charge is -2.17. The molecule has 1 aliphatic rings. The Kier molecular flexibility index (Phi) is 4.80. The van der Waals surface area contributed by atoms with Crippen LogP contribution in [0.3, 0.4) is 0 Å². The van der Waals surface area contributed by atoms with Crippen LogP contribution in [-0.4, -0.2) is 42.6 Å². The minimum absolute atomic E-state index is 0.0933. The lowest BCUT2D eigenvalue weighted by molar-refractivity contribution is 0.199. The Labute approximate surface area is 119 Å². The molecule has 1 saturated heterocycles. The molecule has 1 aromatic rings. The second-order valence-electron chi connectivity index (χ2n) is 5.28. The smallest absolute Gasteiger partial charge is 0.243 e. The number of rotatable bonds is 5. The molecule has 1 heterocycles. The molecule has 112 valence electrons. The van der Waals surface area contributed by atoms with Gasteiger partial charge in [0.2, 0.25) is 10.0 Å². The van der Waals surface area contributed by atoms with Gasteiger partial charge in [0.15, 0.2) is 0 Å². The van der Waals surface area contributed by atoms with Crippen molar-refractivity contribution in [3.8, 4) is 0 Å². The molecule has 6 heteroatoms. The van der Waals surface area contributed by atoms with E-state index < -0.39 is 16.1 Å². The maximum absolute atomic E-state index is 12.5. The zero-order valence-electron chi connectivity index (χ0n) is 11.6. The molecule has 2 atom stereocenters. The van der Waals surface area contributed by atoms with Gasteiger partial charge in [0.1, 0.15) is 0 Å². The van der Waals surface area contributed by atoms with Gasteiger partial charge in [-0.1, -0.05) is 12.1 Å². The largest absolute Gasteiger partial charge is 0.396 e. The third-order valence-electron chi connectivity index (χ3n) is 3.76. The molecule has 20 heavy (non-hydrogen) atoms. The predicted molar refractivity (Wildman–Crippen MR) is 75.6 cm³/mol. The fourth-order valence-electron chi connectivity index (χ4n) is 2.52. The summed E-state index contributed by atoms with van der Waals surface area (Å²) >= 11 is 0. The van der Waals surface area contributed by atoms with E-state index in [1.54, 1.807) is 25.1 Å². The summed E-state index contributed by atoms with van der Waals surface area (Å²) in [5.74, 6) is 0.231. The molecule has 2 unspecified atom stereocenters. The van der Waals surface area contributed by atoms with Crippen molar-refractivity contribution >= 4 is 10.0 Å². The van der Waals surface area contributed by atoms with Gasteiger partial charge in [-0.05, 0) is 43.4 Å². The minimum atomic E-state index is -3.51. The van der Waals surface area contributed by atoms with Crippen LogP contribution in [0.25, 0.3) is 0 Å². The third kappa shape index (κ3) is 3.20. The van der Waals surface area contributed by atoms with Crippen LogP contribution in [-0.2, 0) is 10.0 Å². The van der Waals surface area contributed by atoms with E-state index in [9.17, 15) is 13.5 Å². The molecule has 0 aromatic heterocycles. The number of aliphatic hydroxyl groups is 2. The molecular weight excluding hydrogens is 278 g/mol. The molecule has 0 amide bonds. The van der Waals surface area contributed by atoms with E-state index >= 15 is 0 Å². The van der Waals surface area contributed by atoms with E-state index in [0.717, 1.165) is 6.42 Å². The summed E-state index contributed by atoms with van der Waals surface area (Å²) in [4.78, 5) is 0.223. The van der Waals surface area contributed by atoms with Gasteiger partial charge < -0.3 is 10.2 Å². The Bertz CT molecular complexity index is 556. The van der Waals surface area contributed by atoms with Crippen LogP contribution in [0, 0.1) is 5.92 Å². The number of aliphatic hydroxyl groups excluding tert-OH is 2. The molecule has 5 nitrogen and oxygen atoms in total. The molecule has 2 rings (SSSR count). The van der Waals surface area contributed by atoms with E-state index in [2.05, 4.69) is 0 Å². The minimum Gasteiger partial charge on any atom is -0.396 e. The standard InChI is InChI=1S/C14H21NO4S/c1-11(17)13-3-2-4-14(9-13)20(18,19)15-7-5-12(10-15)6-8-16/h2-4,9,11-12,16-17H,5-8,10H2,1H3. The highest BCUT2D eigenvalue weighted by Crippen LogP contribution is 2.27. The molecular formula is C14H21NO4S. The molecule has 2 N–H and O–H groups in total. The number of hydrogen-bond acceptors (Lipinski definition) is 4. The number of benzene rings is 1. The number of sulfonamides is 1. The lowest BCUT2D eigenvalue weighted by Crippen LogP contribution is -2.29. The summed E-state index contributed by atoms with van der Waals surface area (Å²) in [7, 11) is -3.51. The summed E-state index contributed by atoms with van der Waals surface area (Å²) < 4.78 is 26.5. The van der Waals surface area contributed by atoms with Gasteiger partial charge in [0, 0.05) is 19.7 Å². The van der Waals surface area contributed by atoms with Crippen molar-refractivity contribution in [1.29, 1.82) is 0 Å². The first-order valence-electron chi connectivity index (χ1n) is 6.84. The maximum atomic E-state index is 12.5. The van der Waals surface area contributed by atoms with Gasteiger partial charge in [0.25, 0.3) is 0 Å². The van der Waals surface area contributed by atoms with Gasteiger partial charge in [-0.25, -0.2) is 8.42 Å². The SMILES string of the molecule is CC(O)c1cccc(S(=O)(=O)N2CCC(CCO)C2)c1. The Hall–Kier alpha value is -0.950. The van der Waals surface area contributed by atoms with Crippen molar-refractivity contribution in [2.24, 2.45) is 5.92 Å². The molecule has 1 fully saturated rings. The van der Waals surface area contributed by atoms with Crippen LogP contribution in [0.4, 0.5) is 0 Å². The van der Waals surface area contributed by atoms with Crippen molar-refractivity contribution in [2.45, 2.75) is 30.8 Å². The van der Waals surface area contributed by atoms with Crippen LogP contribution in [0.2, 0.25) is 0 Å². The second-order valence-corrected chi connectivity index (χ2v) is 7.22. The molecule has 0 saturated carbocycles. The van der Waals surface area contributed by atoms with E-state index in [4.69, 9.17) is 5.11 Å². The topological polar surface area (TPSA) is 77.8 Å². The van der Waals surface area contributed by atoms with Gasteiger partial charge >= 0.3 is 0 Å². The second kappa shape index (κ2) is 6.22. The van der Waals surface area contributed by atoms with Crippen molar-refractivity contribution in [3.63, 3.8) is 0 Å². The summed E-state index contributed by atoms with van der Waals surface area (Å²) in [6, 6.07) is 6.44. The lowest BCUT2D eigenvalue weighted by atomic mass is 10.1. The Balaban J connectivity index is 2.21. The van der Waals surface area contributed by atoms with Crippen molar-refractivity contribution < 1.29 is 18.6 Å². The molecule has 1 aromatic carbocycles. The van der Waals surface area contributed by atoms with Crippen molar-refractivity contribution in [2.75, 3.05) is 19.7 Å². The number of hydrogen-bond donors (Lipinski definition) is 2. The number of nitrogens with zero attached hydrogens (tertiary/aromatic N) is 1. The third-order valence-corrected chi connectivity index (χ3v) is 5.63. The van der Waals surface area contributed by atoms with Crippen LogP contribution in [0.15, 0.2) is 29.2 Å². The highest BCUT2D eigenvalue weighted by molar-refractivity contribution is 7.89. The van der Waals surface area contributed by atoms with E-state index in [1.165, 1.54) is 10.4 Å². The summed E-state index contributed by atoms with van der Waals surface area (Å²) in [6.07, 6.45) is 0.737. The fraction of sp³-hybridized carbons (Fsp3) is 0.571. The van der Waals surface area contributed by atoms with Crippen molar-refractivity contribution in [3.05, 3.63) is 29.8 Å². The highest BCUT2D eigenvalue weighted by atomic mass is 32.2. The zero-order valence-corrected chi connectivity index (χ0v) is 12.4. The van der Waals surface area contributed by atoms with Crippen LogP contribution < -0.4 is 0 Å². The first-order chi connectivity index (χ1) is 9.45. The normalized spacial score (nSPS) is 22.1. The first kappa shape index (κ1) is 15.4. The molecule has 1 aliphatic heterocycles. The Morgan fingerprint density at radius 1 is 1.45 bits per heavy atom. The highest BCUT2D eigenvalue weighted by Gasteiger charge is 2.32. The molecule has 0 aliphatic carbocycles. The van der Waals surface area contributed by atoms with E-state index in [1.807, 2.05) is 0 Å². The maximum Gasteiger partial charge on any atom is 0.243 e. The van der Waals surface area contributed by atoms with Crippen LogP contribution >= 0.6 is 0 Å². The van der Waals surface area contributed by atoms with Gasteiger partial charge in [-0.15, -0.1) is 0 Å². The van der Waals surface area contributed by atoms with E-state index in [0.29, 0.717) is 25.1 Å².